The van der Waals surface area contributed by atoms with E-state index in [9.17, 15) is 0 Å². The van der Waals surface area contributed by atoms with Crippen LogP contribution >= 0.6 is 0 Å². The zero-order valence-corrected chi connectivity index (χ0v) is 8.66. The second kappa shape index (κ2) is 4.38. The van der Waals surface area contributed by atoms with E-state index in [-0.39, 0.29) is 0 Å². The van der Waals surface area contributed by atoms with Crippen molar-refractivity contribution >= 4 is 18.4 Å². The van der Waals surface area contributed by atoms with E-state index >= 15 is 0 Å². The summed E-state index contributed by atoms with van der Waals surface area (Å²) in [6, 6.07) is 10.7. The first-order valence-corrected chi connectivity index (χ1v) is 7.23. The maximum absolute atomic E-state index is 2.33. The molecule has 0 bridgehead atoms. The van der Waals surface area contributed by atoms with Gasteiger partial charge in [0, 0.05) is 0 Å². The van der Waals surface area contributed by atoms with E-state index in [1.54, 1.807) is 0 Å². The van der Waals surface area contributed by atoms with Gasteiger partial charge in [-0.1, -0.05) is 0 Å². The molecule has 0 aliphatic heterocycles. The van der Waals surface area contributed by atoms with E-state index in [4.69, 9.17) is 0 Å². The predicted octanol–water partition coefficient (Wildman–Crippen LogP) is 2.13. The van der Waals surface area contributed by atoms with Gasteiger partial charge in [0.15, 0.2) is 0 Å². The molecule has 58 valence electrons. The molecule has 0 saturated heterocycles. The van der Waals surface area contributed by atoms with Gasteiger partial charge in [-0.2, -0.15) is 0 Å². The fourth-order valence-corrected chi connectivity index (χ4v) is 3.33. The molecular formula is C10H13Se+. The normalized spacial score (nSPS) is 13.6. The van der Waals surface area contributed by atoms with Crippen LogP contribution in [0.1, 0.15) is 6.92 Å². The topological polar surface area (TPSA) is 0 Å². The van der Waals surface area contributed by atoms with Crippen LogP contribution in [0, 0.1) is 0 Å². The third kappa shape index (κ3) is 2.53. The third-order valence-electron chi connectivity index (χ3n) is 1.46. The van der Waals surface area contributed by atoms with E-state index in [0.717, 1.165) is 0 Å². The van der Waals surface area contributed by atoms with Gasteiger partial charge in [0.25, 0.3) is 0 Å². The summed E-state index contributed by atoms with van der Waals surface area (Å²) >= 11 is -0.613. The summed E-state index contributed by atoms with van der Waals surface area (Å²) < 4.78 is 1.51. The second-order valence-corrected chi connectivity index (χ2v) is 6.24. The van der Waals surface area contributed by atoms with E-state index in [2.05, 4.69) is 54.1 Å². The maximum atomic E-state index is 2.33. The van der Waals surface area contributed by atoms with Crippen LogP contribution in [0.5, 0.6) is 0 Å². The summed E-state index contributed by atoms with van der Waals surface area (Å²) in [6.45, 7) is 2.09. The average Bonchev–Trinajstić information content (AvgIpc) is 2.07. The third-order valence-corrected chi connectivity index (χ3v) is 5.01. The van der Waals surface area contributed by atoms with Gasteiger partial charge < -0.3 is 0 Å². The van der Waals surface area contributed by atoms with E-state index in [1.165, 1.54) is 4.46 Å². The molecule has 0 aromatic heterocycles. The van der Waals surface area contributed by atoms with Crippen molar-refractivity contribution in [1.29, 1.82) is 0 Å². The molecule has 1 aromatic rings. The first kappa shape index (κ1) is 8.57. The number of hydrogen-bond acceptors (Lipinski definition) is 0. The Morgan fingerprint density at radius 2 is 1.82 bits per heavy atom. The monoisotopic (exact) mass is 213 g/mol. The number of hydrogen-bond donors (Lipinski definition) is 0. The van der Waals surface area contributed by atoms with Gasteiger partial charge in [-0.25, -0.2) is 0 Å². The van der Waals surface area contributed by atoms with E-state index in [1.807, 2.05) is 0 Å². The van der Waals surface area contributed by atoms with Crippen molar-refractivity contribution in [3.8, 4) is 0 Å². The summed E-state index contributed by atoms with van der Waals surface area (Å²) in [5.74, 6) is 2.33. The fourth-order valence-electron chi connectivity index (χ4n) is 0.918. The van der Waals surface area contributed by atoms with Crippen molar-refractivity contribution in [3.05, 3.63) is 41.4 Å². The van der Waals surface area contributed by atoms with Gasteiger partial charge in [-0.05, 0) is 0 Å². The van der Waals surface area contributed by atoms with Crippen molar-refractivity contribution in [3.63, 3.8) is 0 Å². The Morgan fingerprint density at radius 3 is 2.36 bits per heavy atom. The second-order valence-electron chi connectivity index (χ2n) is 2.34. The predicted molar refractivity (Wildman–Crippen MR) is 52.5 cm³/mol. The summed E-state index contributed by atoms with van der Waals surface area (Å²) in [5.41, 5.74) is 0. The van der Waals surface area contributed by atoms with E-state index < -0.39 is 13.9 Å². The minimum absolute atomic E-state index is 0.613. The molecule has 0 aliphatic rings. The van der Waals surface area contributed by atoms with E-state index in [0.29, 0.717) is 0 Å². The first-order chi connectivity index (χ1) is 5.34. The van der Waals surface area contributed by atoms with Gasteiger partial charge in [0.1, 0.15) is 0 Å². The molecule has 0 heterocycles. The Hall–Kier alpha value is -0.521. The molecule has 0 aliphatic carbocycles. The molecule has 0 amide bonds. The molecule has 0 N–H and O–H groups in total. The van der Waals surface area contributed by atoms with Gasteiger partial charge >= 0.3 is 72.5 Å². The number of allylic oxidation sites excluding steroid dienone is 1. The number of rotatable bonds is 2. The number of benzene rings is 1. The standard InChI is InChI=1S/C10H13Se/c1-3-9-11(2)10-7-5-4-6-8-10/h3-9H,1-2H3/q+1/b9-3+. The fraction of sp³-hybridized carbons (Fsp3) is 0.200. The van der Waals surface area contributed by atoms with Crippen molar-refractivity contribution in [2.75, 3.05) is 0 Å². The molecule has 0 nitrogen and oxygen atoms in total. The zero-order valence-electron chi connectivity index (χ0n) is 6.95. The van der Waals surface area contributed by atoms with Crippen LogP contribution < -0.4 is 4.46 Å². The van der Waals surface area contributed by atoms with Gasteiger partial charge in [0.2, 0.25) is 0 Å². The molecule has 1 aromatic carbocycles. The van der Waals surface area contributed by atoms with Crippen LogP contribution in [0.4, 0.5) is 0 Å². The van der Waals surface area contributed by atoms with Crippen LogP contribution in [-0.4, -0.2) is 13.9 Å². The molecular weight excluding hydrogens is 199 g/mol. The molecule has 0 radical (unpaired) electrons. The quantitative estimate of drug-likeness (QED) is 0.659. The minimum atomic E-state index is -0.613. The Balaban J connectivity index is 2.76. The molecule has 0 saturated carbocycles. The first-order valence-electron chi connectivity index (χ1n) is 3.67. The molecule has 0 fully saturated rings. The molecule has 1 atom stereocenters. The van der Waals surface area contributed by atoms with Crippen molar-refractivity contribution in [2.45, 2.75) is 12.7 Å². The summed E-state index contributed by atoms with van der Waals surface area (Å²) in [6.07, 6.45) is 2.15. The van der Waals surface area contributed by atoms with Crippen molar-refractivity contribution < 1.29 is 0 Å². The van der Waals surface area contributed by atoms with Crippen molar-refractivity contribution in [2.24, 2.45) is 0 Å². The van der Waals surface area contributed by atoms with Crippen LogP contribution in [0.2, 0.25) is 5.82 Å². The van der Waals surface area contributed by atoms with Crippen LogP contribution in [-0.2, 0) is 0 Å². The SMILES string of the molecule is C/C=C/[Se+](C)c1ccccc1. The van der Waals surface area contributed by atoms with Gasteiger partial charge in [-0.3, -0.25) is 0 Å². The Kier molecular flexibility index (Phi) is 3.41. The van der Waals surface area contributed by atoms with Crippen LogP contribution in [0.15, 0.2) is 41.4 Å². The Labute approximate surface area is 72.8 Å². The summed E-state index contributed by atoms with van der Waals surface area (Å²) in [7, 11) is 0. The average molecular weight is 212 g/mol. The van der Waals surface area contributed by atoms with Crippen molar-refractivity contribution in [1.82, 2.24) is 0 Å². The van der Waals surface area contributed by atoms with Crippen LogP contribution in [0.3, 0.4) is 0 Å². The molecule has 1 rings (SSSR count). The molecule has 0 spiro atoms. The molecule has 1 heteroatoms. The summed E-state index contributed by atoms with van der Waals surface area (Å²) in [5, 5.41) is 0. The van der Waals surface area contributed by atoms with Crippen LogP contribution in [0.25, 0.3) is 0 Å². The zero-order chi connectivity index (χ0) is 8.10. The molecule has 11 heavy (non-hydrogen) atoms. The Morgan fingerprint density at radius 1 is 1.18 bits per heavy atom. The Bertz CT molecular complexity index is 226. The summed E-state index contributed by atoms with van der Waals surface area (Å²) in [4.78, 5) is 2.33. The molecule has 1 unspecified atom stereocenters. The van der Waals surface area contributed by atoms with Gasteiger partial charge in [0.05, 0.1) is 0 Å². The van der Waals surface area contributed by atoms with Gasteiger partial charge in [-0.15, -0.1) is 0 Å².